The zero-order valence-corrected chi connectivity index (χ0v) is 12.4. The first kappa shape index (κ1) is 14.7. The van der Waals surface area contributed by atoms with Gasteiger partial charge in [0.2, 0.25) is 0 Å². The van der Waals surface area contributed by atoms with E-state index >= 15 is 0 Å². The van der Waals surface area contributed by atoms with Gasteiger partial charge in [-0.05, 0) is 30.2 Å². The molecule has 0 aliphatic carbocycles. The van der Waals surface area contributed by atoms with E-state index in [9.17, 15) is 4.79 Å². The number of hydrogen-bond donors (Lipinski definition) is 0. The van der Waals surface area contributed by atoms with Crippen LogP contribution in [0.1, 0.15) is 30.9 Å². The quantitative estimate of drug-likeness (QED) is 0.601. The van der Waals surface area contributed by atoms with Gasteiger partial charge in [-0.25, -0.2) is 0 Å². The van der Waals surface area contributed by atoms with Gasteiger partial charge < -0.3 is 9.15 Å². The standard InChI is InChI=1S/C15H17NO3S/c1-3-13-14(9-19-11(2)17)16-7-6-15(13)20-10-12-5-4-8-18-12/h4-8H,3,9-10H2,1-2H3. The zero-order valence-electron chi connectivity index (χ0n) is 11.6. The summed E-state index contributed by atoms with van der Waals surface area (Å²) in [5.41, 5.74) is 1.96. The monoisotopic (exact) mass is 291 g/mol. The molecular weight excluding hydrogens is 274 g/mol. The number of aromatic nitrogens is 1. The van der Waals surface area contributed by atoms with Crippen molar-refractivity contribution in [2.24, 2.45) is 0 Å². The number of esters is 1. The van der Waals surface area contributed by atoms with Crippen molar-refractivity contribution >= 4 is 17.7 Å². The third-order valence-corrected chi connectivity index (χ3v) is 3.94. The molecule has 0 saturated carbocycles. The number of nitrogens with zero attached hydrogens (tertiary/aromatic N) is 1. The Kier molecular flexibility index (Phi) is 5.24. The lowest BCUT2D eigenvalue weighted by atomic mass is 10.1. The van der Waals surface area contributed by atoms with Gasteiger partial charge in [0.05, 0.1) is 17.7 Å². The fourth-order valence-electron chi connectivity index (χ4n) is 1.87. The molecule has 106 valence electrons. The number of carbonyl (C=O) groups is 1. The van der Waals surface area contributed by atoms with Crippen LogP contribution in [-0.4, -0.2) is 11.0 Å². The van der Waals surface area contributed by atoms with Crippen LogP contribution in [0.25, 0.3) is 0 Å². The average Bonchev–Trinajstić information content (AvgIpc) is 2.95. The summed E-state index contributed by atoms with van der Waals surface area (Å²) in [6.45, 7) is 3.71. The van der Waals surface area contributed by atoms with E-state index in [1.807, 2.05) is 18.2 Å². The summed E-state index contributed by atoms with van der Waals surface area (Å²) < 4.78 is 10.4. The maximum absolute atomic E-state index is 10.9. The second kappa shape index (κ2) is 7.14. The molecule has 2 aromatic heterocycles. The molecule has 2 aromatic rings. The summed E-state index contributed by atoms with van der Waals surface area (Å²) >= 11 is 1.70. The van der Waals surface area contributed by atoms with Crippen LogP contribution in [0.5, 0.6) is 0 Å². The van der Waals surface area contributed by atoms with Crippen LogP contribution in [0.4, 0.5) is 0 Å². The molecule has 0 fully saturated rings. The molecule has 0 saturated heterocycles. The lowest BCUT2D eigenvalue weighted by molar-refractivity contribution is -0.142. The summed E-state index contributed by atoms with van der Waals surface area (Å²) in [5.74, 6) is 1.43. The van der Waals surface area contributed by atoms with E-state index in [0.717, 1.165) is 34.1 Å². The predicted molar refractivity (Wildman–Crippen MR) is 77.4 cm³/mol. The van der Waals surface area contributed by atoms with E-state index in [1.165, 1.54) is 6.92 Å². The molecular formula is C15H17NO3S. The van der Waals surface area contributed by atoms with Crippen LogP contribution in [0.2, 0.25) is 0 Å². The lowest BCUT2D eigenvalue weighted by Crippen LogP contribution is -2.05. The van der Waals surface area contributed by atoms with E-state index in [4.69, 9.17) is 9.15 Å². The first-order chi connectivity index (χ1) is 9.70. The largest absolute Gasteiger partial charge is 0.468 e. The number of ether oxygens (including phenoxy) is 1. The van der Waals surface area contributed by atoms with Crippen molar-refractivity contribution in [3.05, 3.63) is 47.7 Å². The third-order valence-electron chi connectivity index (χ3n) is 2.82. The fraction of sp³-hybridized carbons (Fsp3) is 0.333. The fourth-order valence-corrected chi connectivity index (χ4v) is 2.92. The first-order valence-electron chi connectivity index (χ1n) is 6.46. The van der Waals surface area contributed by atoms with Gasteiger partial charge >= 0.3 is 5.97 Å². The van der Waals surface area contributed by atoms with E-state index in [0.29, 0.717) is 0 Å². The predicted octanol–water partition coefficient (Wildman–Crippen LogP) is 3.59. The molecule has 0 aliphatic heterocycles. The van der Waals surface area contributed by atoms with Crippen LogP contribution in [-0.2, 0) is 28.3 Å². The summed E-state index contributed by atoms with van der Waals surface area (Å²) in [6.07, 6.45) is 4.28. The van der Waals surface area contributed by atoms with Crippen LogP contribution in [0, 0.1) is 0 Å². The van der Waals surface area contributed by atoms with Gasteiger partial charge in [0.25, 0.3) is 0 Å². The summed E-state index contributed by atoms with van der Waals surface area (Å²) in [4.78, 5) is 16.4. The maximum atomic E-state index is 10.9. The summed E-state index contributed by atoms with van der Waals surface area (Å²) in [5, 5.41) is 0. The van der Waals surface area contributed by atoms with E-state index in [2.05, 4.69) is 11.9 Å². The number of hydrogen-bond acceptors (Lipinski definition) is 5. The van der Waals surface area contributed by atoms with Gasteiger partial charge in [-0.2, -0.15) is 0 Å². The highest BCUT2D eigenvalue weighted by molar-refractivity contribution is 7.98. The average molecular weight is 291 g/mol. The number of pyridine rings is 1. The Labute approximate surface area is 122 Å². The van der Waals surface area contributed by atoms with E-state index < -0.39 is 0 Å². The molecule has 5 heteroatoms. The van der Waals surface area contributed by atoms with Crippen molar-refractivity contribution in [1.29, 1.82) is 0 Å². The SMILES string of the molecule is CCc1c(SCc2ccco2)ccnc1COC(C)=O. The number of carbonyl (C=O) groups excluding carboxylic acids is 1. The molecule has 0 amide bonds. The number of thioether (sulfide) groups is 1. The van der Waals surface area contributed by atoms with Crippen molar-refractivity contribution in [2.45, 2.75) is 37.5 Å². The minimum atomic E-state index is -0.289. The van der Waals surface area contributed by atoms with Crippen molar-refractivity contribution in [3.63, 3.8) is 0 Å². The zero-order chi connectivity index (χ0) is 14.4. The Hall–Kier alpha value is -1.75. The number of furan rings is 1. The molecule has 4 nitrogen and oxygen atoms in total. The second-order valence-electron chi connectivity index (χ2n) is 4.24. The van der Waals surface area contributed by atoms with Gasteiger partial charge in [-0.3, -0.25) is 9.78 Å². The highest BCUT2D eigenvalue weighted by Gasteiger charge is 2.10. The third kappa shape index (κ3) is 3.87. The molecule has 0 aromatic carbocycles. The van der Waals surface area contributed by atoms with Crippen molar-refractivity contribution < 1.29 is 13.9 Å². The molecule has 0 radical (unpaired) electrons. The Morgan fingerprint density at radius 3 is 2.95 bits per heavy atom. The van der Waals surface area contributed by atoms with Gasteiger partial charge in [-0.1, -0.05) is 6.92 Å². The molecule has 0 spiro atoms. The maximum Gasteiger partial charge on any atom is 0.303 e. The Balaban J connectivity index is 2.11. The normalized spacial score (nSPS) is 10.5. The molecule has 20 heavy (non-hydrogen) atoms. The molecule has 0 bridgehead atoms. The van der Waals surface area contributed by atoms with Gasteiger partial charge in [0.15, 0.2) is 0 Å². The Morgan fingerprint density at radius 1 is 1.45 bits per heavy atom. The summed E-state index contributed by atoms with van der Waals surface area (Å²) in [7, 11) is 0. The molecule has 2 heterocycles. The van der Waals surface area contributed by atoms with Crippen LogP contribution in [0.15, 0.2) is 40.0 Å². The van der Waals surface area contributed by atoms with Crippen molar-refractivity contribution in [3.8, 4) is 0 Å². The van der Waals surface area contributed by atoms with Crippen LogP contribution >= 0.6 is 11.8 Å². The highest BCUT2D eigenvalue weighted by Crippen LogP contribution is 2.28. The number of rotatable bonds is 6. The minimum absolute atomic E-state index is 0.230. The Bertz CT molecular complexity index is 567. The van der Waals surface area contributed by atoms with Crippen molar-refractivity contribution in [2.75, 3.05) is 0 Å². The molecule has 0 N–H and O–H groups in total. The molecule has 0 aliphatic rings. The highest BCUT2D eigenvalue weighted by atomic mass is 32.2. The Morgan fingerprint density at radius 2 is 2.30 bits per heavy atom. The summed E-state index contributed by atoms with van der Waals surface area (Å²) in [6, 6.07) is 5.83. The first-order valence-corrected chi connectivity index (χ1v) is 7.44. The lowest BCUT2D eigenvalue weighted by Gasteiger charge is -2.11. The van der Waals surface area contributed by atoms with E-state index in [1.54, 1.807) is 24.2 Å². The molecule has 0 atom stereocenters. The van der Waals surface area contributed by atoms with Crippen LogP contribution in [0.3, 0.4) is 0 Å². The topological polar surface area (TPSA) is 52.3 Å². The smallest absolute Gasteiger partial charge is 0.303 e. The van der Waals surface area contributed by atoms with E-state index in [-0.39, 0.29) is 12.6 Å². The van der Waals surface area contributed by atoms with Crippen molar-refractivity contribution in [1.82, 2.24) is 4.98 Å². The molecule has 2 rings (SSSR count). The molecule has 0 unspecified atom stereocenters. The second-order valence-corrected chi connectivity index (χ2v) is 5.25. The van der Waals surface area contributed by atoms with Gasteiger partial charge in [0, 0.05) is 18.0 Å². The van der Waals surface area contributed by atoms with Gasteiger partial charge in [0.1, 0.15) is 12.4 Å². The van der Waals surface area contributed by atoms with Gasteiger partial charge in [-0.15, -0.1) is 11.8 Å². The minimum Gasteiger partial charge on any atom is -0.468 e. The van der Waals surface area contributed by atoms with Crippen LogP contribution < -0.4 is 0 Å².